The summed E-state index contributed by atoms with van der Waals surface area (Å²) in [6.07, 6.45) is 8.08. The molecule has 0 saturated carbocycles. The molecule has 2 heterocycles. The van der Waals surface area contributed by atoms with Gasteiger partial charge in [-0.05, 0) is 31.9 Å². The third kappa shape index (κ3) is 3.67. The van der Waals surface area contributed by atoms with Gasteiger partial charge in [-0.3, -0.25) is 9.36 Å². The van der Waals surface area contributed by atoms with Crippen LogP contribution in [0.5, 0.6) is 0 Å². The lowest BCUT2D eigenvalue weighted by Gasteiger charge is -2.05. The molecule has 2 aromatic rings. The van der Waals surface area contributed by atoms with Gasteiger partial charge < -0.3 is 5.32 Å². The topological polar surface area (TPSA) is 47.7 Å². The van der Waals surface area contributed by atoms with Crippen LogP contribution in [0, 0.1) is 6.92 Å². The van der Waals surface area contributed by atoms with E-state index in [4.69, 9.17) is 0 Å². The summed E-state index contributed by atoms with van der Waals surface area (Å²) in [4.78, 5) is 0. The Morgan fingerprint density at radius 1 is 1.26 bits per heavy atom. The molecule has 1 N–H and O–H groups in total. The summed E-state index contributed by atoms with van der Waals surface area (Å²) in [5.74, 6) is 0. The van der Waals surface area contributed by atoms with Gasteiger partial charge in [0.05, 0.1) is 12.4 Å². The first-order valence-corrected chi connectivity index (χ1v) is 6.90. The van der Waals surface area contributed by atoms with Crippen LogP contribution in [0.3, 0.4) is 0 Å². The van der Waals surface area contributed by atoms with E-state index in [2.05, 4.69) is 40.2 Å². The Bertz CT molecular complexity index is 512. The standard InChI is InChI=1S/C14H23N5/c1-4-6-15-9-14-10-17-19(12(14)2)7-5-13-8-16-18(3)11-13/h8,10-11,15H,4-7,9H2,1-3H3. The lowest BCUT2D eigenvalue weighted by molar-refractivity contribution is 0.594. The molecule has 0 aromatic carbocycles. The number of nitrogens with one attached hydrogen (secondary N) is 1. The minimum atomic E-state index is 0.908. The van der Waals surface area contributed by atoms with E-state index >= 15 is 0 Å². The number of rotatable bonds is 7. The van der Waals surface area contributed by atoms with Gasteiger partial charge in [-0.1, -0.05) is 6.92 Å². The van der Waals surface area contributed by atoms with Crippen LogP contribution in [-0.2, 0) is 26.6 Å². The molecule has 2 aromatic heterocycles. The molecule has 0 aliphatic rings. The monoisotopic (exact) mass is 261 g/mol. The Kier molecular flexibility index (Phi) is 4.74. The van der Waals surface area contributed by atoms with Crippen molar-refractivity contribution in [1.82, 2.24) is 24.9 Å². The molecule has 19 heavy (non-hydrogen) atoms. The number of hydrogen-bond acceptors (Lipinski definition) is 3. The van der Waals surface area contributed by atoms with Crippen LogP contribution in [0.15, 0.2) is 18.6 Å². The van der Waals surface area contributed by atoms with Crippen molar-refractivity contribution in [3.63, 3.8) is 0 Å². The summed E-state index contributed by atoms with van der Waals surface area (Å²) in [7, 11) is 1.94. The largest absolute Gasteiger partial charge is 0.313 e. The zero-order valence-electron chi connectivity index (χ0n) is 12.1. The first-order chi connectivity index (χ1) is 9.20. The maximum Gasteiger partial charge on any atom is 0.0537 e. The van der Waals surface area contributed by atoms with Crippen molar-refractivity contribution in [2.24, 2.45) is 7.05 Å². The van der Waals surface area contributed by atoms with Gasteiger partial charge in [0, 0.05) is 37.6 Å². The zero-order chi connectivity index (χ0) is 13.7. The molecular formula is C14H23N5. The molecule has 5 heteroatoms. The highest BCUT2D eigenvalue weighted by atomic mass is 15.3. The van der Waals surface area contributed by atoms with Gasteiger partial charge >= 0.3 is 0 Å². The van der Waals surface area contributed by atoms with Gasteiger partial charge in [0.15, 0.2) is 0 Å². The minimum Gasteiger partial charge on any atom is -0.313 e. The molecule has 0 radical (unpaired) electrons. The van der Waals surface area contributed by atoms with E-state index in [9.17, 15) is 0 Å². The lowest BCUT2D eigenvalue weighted by atomic mass is 10.2. The molecule has 104 valence electrons. The summed E-state index contributed by atoms with van der Waals surface area (Å²) < 4.78 is 3.92. The van der Waals surface area contributed by atoms with Crippen LogP contribution in [0.2, 0.25) is 0 Å². The van der Waals surface area contributed by atoms with E-state index in [0.29, 0.717) is 0 Å². The van der Waals surface area contributed by atoms with Gasteiger partial charge in [0.1, 0.15) is 0 Å². The Morgan fingerprint density at radius 2 is 2.11 bits per heavy atom. The second kappa shape index (κ2) is 6.52. The fraction of sp³-hybridized carbons (Fsp3) is 0.571. The van der Waals surface area contributed by atoms with Gasteiger partial charge in [-0.25, -0.2) is 0 Å². The van der Waals surface area contributed by atoms with Crippen LogP contribution in [-0.4, -0.2) is 26.1 Å². The molecule has 0 amide bonds. The number of aryl methyl sites for hydroxylation is 3. The molecule has 0 unspecified atom stereocenters. The van der Waals surface area contributed by atoms with E-state index in [0.717, 1.165) is 32.5 Å². The summed E-state index contributed by atoms with van der Waals surface area (Å²) >= 11 is 0. The fourth-order valence-electron chi connectivity index (χ4n) is 2.12. The van der Waals surface area contributed by atoms with Crippen molar-refractivity contribution in [2.45, 2.75) is 39.8 Å². The molecule has 0 saturated heterocycles. The summed E-state index contributed by atoms with van der Waals surface area (Å²) in [5, 5.41) is 12.1. The van der Waals surface area contributed by atoms with E-state index in [-0.39, 0.29) is 0 Å². The molecule has 2 rings (SSSR count). The Balaban J connectivity index is 1.90. The highest BCUT2D eigenvalue weighted by Crippen LogP contribution is 2.08. The summed E-state index contributed by atoms with van der Waals surface area (Å²) in [5.41, 5.74) is 3.80. The van der Waals surface area contributed by atoms with Gasteiger partial charge in [-0.15, -0.1) is 0 Å². The second-order valence-electron chi connectivity index (χ2n) is 4.93. The van der Waals surface area contributed by atoms with Crippen molar-refractivity contribution in [3.05, 3.63) is 35.4 Å². The first kappa shape index (κ1) is 13.8. The van der Waals surface area contributed by atoms with E-state index in [1.54, 1.807) is 0 Å². The van der Waals surface area contributed by atoms with Crippen LogP contribution in [0.1, 0.15) is 30.2 Å². The normalized spacial score (nSPS) is 11.1. The van der Waals surface area contributed by atoms with Crippen molar-refractivity contribution in [1.29, 1.82) is 0 Å². The fourth-order valence-corrected chi connectivity index (χ4v) is 2.12. The van der Waals surface area contributed by atoms with Crippen LogP contribution in [0.25, 0.3) is 0 Å². The smallest absolute Gasteiger partial charge is 0.0537 e. The minimum absolute atomic E-state index is 0.908. The molecule has 0 spiro atoms. The Morgan fingerprint density at radius 3 is 2.79 bits per heavy atom. The molecule has 0 atom stereocenters. The van der Waals surface area contributed by atoms with Gasteiger partial charge in [0.25, 0.3) is 0 Å². The Labute approximate surface area is 114 Å². The SMILES string of the molecule is CCCNCc1cnn(CCc2cnn(C)c2)c1C. The van der Waals surface area contributed by atoms with E-state index < -0.39 is 0 Å². The zero-order valence-corrected chi connectivity index (χ0v) is 12.1. The number of nitrogens with zero attached hydrogens (tertiary/aromatic N) is 4. The van der Waals surface area contributed by atoms with Crippen LogP contribution in [0.4, 0.5) is 0 Å². The maximum absolute atomic E-state index is 4.47. The average molecular weight is 261 g/mol. The maximum atomic E-state index is 4.47. The highest BCUT2D eigenvalue weighted by molar-refractivity contribution is 5.16. The predicted octanol–water partition coefficient (Wildman–Crippen LogP) is 1.67. The molecule has 0 aliphatic heterocycles. The molecule has 0 aliphatic carbocycles. The number of aromatic nitrogens is 4. The van der Waals surface area contributed by atoms with E-state index in [1.807, 2.05) is 24.1 Å². The average Bonchev–Trinajstić information content (AvgIpc) is 2.95. The van der Waals surface area contributed by atoms with Crippen molar-refractivity contribution >= 4 is 0 Å². The van der Waals surface area contributed by atoms with Crippen molar-refractivity contribution in [2.75, 3.05) is 6.54 Å². The lowest BCUT2D eigenvalue weighted by Crippen LogP contribution is -2.14. The molecule has 0 bridgehead atoms. The van der Waals surface area contributed by atoms with Crippen molar-refractivity contribution in [3.8, 4) is 0 Å². The van der Waals surface area contributed by atoms with E-state index in [1.165, 1.54) is 16.8 Å². The number of hydrogen-bond donors (Lipinski definition) is 1. The summed E-state index contributed by atoms with van der Waals surface area (Å²) in [6.45, 7) is 7.19. The van der Waals surface area contributed by atoms with Gasteiger partial charge in [-0.2, -0.15) is 10.2 Å². The molecule has 0 fully saturated rings. The molecule has 5 nitrogen and oxygen atoms in total. The first-order valence-electron chi connectivity index (χ1n) is 6.90. The third-order valence-electron chi connectivity index (χ3n) is 3.32. The third-order valence-corrected chi connectivity index (χ3v) is 3.32. The quantitative estimate of drug-likeness (QED) is 0.771. The Hall–Kier alpha value is -1.62. The highest BCUT2D eigenvalue weighted by Gasteiger charge is 2.06. The van der Waals surface area contributed by atoms with Gasteiger partial charge in [0.2, 0.25) is 0 Å². The second-order valence-corrected chi connectivity index (χ2v) is 4.93. The predicted molar refractivity (Wildman–Crippen MR) is 75.9 cm³/mol. The van der Waals surface area contributed by atoms with Crippen LogP contribution < -0.4 is 5.32 Å². The summed E-state index contributed by atoms with van der Waals surface area (Å²) in [6, 6.07) is 0. The molecular weight excluding hydrogens is 238 g/mol. The van der Waals surface area contributed by atoms with Crippen molar-refractivity contribution < 1.29 is 0 Å². The van der Waals surface area contributed by atoms with Crippen LogP contribution >= 0.6 is 0 Å².